The van der Waals surface area contributed by atoms with Crippen molar-refractivity contribution >= 4 is 5.78 Å². The van der Waals surface area contributed by atoms with Crippen LogP contribution in [0.25, 0.3) is 0 Å². The Morgan fingerprint density at radius 2 is 1.80 bits per heavy atom. The summed E-state index contributed by atoms with van der Waals surface area (Å²) in [7, 11) is 0. The van der Waals surface area contributed by atoms with Crippen LogP contribution in [0.4, 0.5) is 0 Å². The molecule has 0 bridgehead atoms. The fourth-order valence-corrected chi connectivity index (χ4v) is 9.60. The predicted octanol–water partition coefficient (Wildman–Crippen LogP) is 4.98. The van der Waals surface area contributed by atoms with Gasteiger partial charge in [-0.25, -0.2) is 0 Å². The molecule has 6 aliphatic rings. The van der Waals surface area contributed by atoms with E-state index in [0.29, 0.717) is 29.6 Å². The Hall–Kier alpha value is -0.670. The number of hydrogen-bond donors (Lipinski definition) is 1. The van der Waals surface area contributed by atoms with Crippen molar-refractivity contribution in [2.24, 2.45) is 40.9 Å². The number of piperidine rings is 2. The Kier molecular flexibility index (Phi) is 4.44. The van der Waals surface area contributed by atoms with Gasteiger partial charge in [-0.15, -0.1) is 0 Å². The highest BCUT2D eigenvalue weighted by Crippen LogP contribution is 2.64. The van der Waals surface area contributed by atoms with E-state index < -0.39 is 5.60 Å². The Morgan fingerprint density at radius 3 is 2.63 bits per heavy atom. The maximum atomic E-state index is 12.2. The molecule has 0 aromatic rings. The van der Waals surface area contributed by atoms with Gasteiger partial charge in [-0.3, -0.25) is 9.69 Å². The van der Waals surface area contributed by atoms with Crippen LogP contribution in [0.2, 0.25) is 0 Å². The van der Waals surface area contributed by atoms with Gasteiger partial charge in [0.25, 0.3) is 0 Å². The first-order valence-electron chi connectivity index (χ1n) is 13.0. The molecule has 30 heavy (non-hydrogen) atoms. The van der Waals surface area contributed by atoms with Crippen molar-refractivity contribution in [3.05, 3.63) is 11.1 Å². The van der Waals surface area contributed by atoms with Crippen molar-refractivity contribution in [3.8, 4) is 0 Å². The van der Waals surface area contributed by atoms with Crippen molar-refractivity contribution in [2.75, 3.05) is 13.1 Å². The summed E-state index contributed by atoms with van der Waals surface area (Å²) >= 11 is 0. The van der Waals surface area contributed by atoms with E-state index in [2.05, 4.69) is 25.7 Å². The lowest BCUT2D eigenvalue weighted by Crippen LogP contribution is -2.67. The molecule has 0 aromatic heterocycles. The summed E-state index contributed by atoms with van der Waals surface area (Å²) in [6, 6.07) is 0.377. The van der Waals surface area contributed by atoms with Crippen LogP contribution in [0.1, 0.15) is 85.0 Å². The van der Waals surface area contributed by atoms with E-state index in [-0.39, 0.29) is 5.41 Å². The highest BCUT2D eigenvalue weighted by Gasteiger charge is 2.59. The molecular formula is C27H41NO2. The lowest BCUT2D eigenvalue weighted by Gasteiger charge is -2.59. The predicted molar refractivity (Wildman–Crippen MR) is 119 cm³/mol. The SMILES string of the molecule is C[C@H]1CC[C@@H]2N(C1)C[C@H]1[C@@H]3CC4=C(CC[C@H]5CC(=O)CC[C@]45C)[C@@H]3CC[C@@H]1[C@]2(C)O. The largest absolute Gasteiger partial charge is 0.388 e. The number of carbonyl (C=O) groups excluding carboxylic acids is 1. The standard InChI is InChI=1S/C27H41NO2/c1-16-4-9-25-27(3,30)23-8-7-19-20-6-5-17-12-18(29)10-11-26(17,2)24(20)13-21(19)22(23)15-28(25)14-16/h16-17,19,21-23,25,30H,4-15H2,1-3H3/t16-,17-,19-,21+,22-,23-,25-,26-,27-/m0/s1. The lowest BCUT2D eigenvalue weighted by atomic mass is 9.57. The van der Waals surface area contributed by atoms with Gasteiger partial charge in [0.2, 0.25) is 0 Å². The number of carbonyl (C=O) groups is 1. The van der Waals surface area contributed by atoms with E-state index in [0.717, 1.165) is 37.0 Å². The van der Waals surface area contributed by atoms with E-state index in [9.17, 15) is 9.90 Å². The molecule has 4 fully saturated rings. The average Bonchev–Trinajstić information content (AvgIpc) is 3.09. The second-order valence-corrected chi connectivity index (χ2v) is 12.6. The van der Waals surface area contributed by atoms with Gasteiger partial charge in [-0.2, -0.15) is 0 Å². The minimum absolute atomic E-state index is 0.285. The lowest BCUT2D eigenvalue weighted by molar-refractivity contribution is -0.173. The van der Waals surface area contributed by atoms with Crippen LogP contribution < -0.4 is 0 Å². The molecule has 4 aliphatic carbocycles. The van der Waals surface area contributed by atoms with E-state index in [4.69, 9.17) is 0 Å². The molecule has 9 atom stereocenters. The molecule has 0 spiro atoms. The minimum Gasteiger partial charge on any atom is -0.388 e. The molecule has 0 aromatic carbocycles. The number of fused-ring (bicyclic) bond motifs is 7. The average molecular weight is 412 g/mol. The summed E-state index contributed by atoms with van der Waals surface area (Å²) in [4.78, 5) is 14.9. The molecule has 0 unspecified atom stereocenters. The molecule has 0 radical (unpaired) electrons. The van der Waals surface area contributed by atoms with Gasteiger partial charge in [-0.1, -0.05) is 25.0 Å². The molecule has 6 rings (SSSR count). The Balaban J connectivity index is 1.31. The number of rotatable bonds is 0. The molecular weight excluding hydrogens is 370 g/mol. The van der Waals surface area contributed by atoms with Crippen molar-refractivity contribution < 1.29 is 9.90 Å². The fourth-order valence-electron chi connectivity index (χ4n) is 9.60. The molecule has 2 heterocycles. The molecule has 2 saturated carbocycles. The first kappa shape index (κ1) is 20.0. The summed E-state index contributed by atoms with van der Waals surface area (Å²) in [6.07, 6.45) is 11.4. The summed E-state index contributed by atoms with van der Waals surface area (Å²) in [5.74, 6) is 4.51. The number of hydrogen-bond acceptors (Lipinski definition) is 3. The van der Waals surface area contributed by atoms with Crippen molar-refractivity contribution in [2.45, 2.75) is 96.6 Å². The van der Waals surface area contributed by atoms with Crippen LogP contribution in [0, 0.1) is 40.9 Å². The number of ketones is 1. The maximum Gasteiger partial charge on any atom is 0.133 e. The monoisotopic (exact) mass is 411 g/mol. The van der Waals surface area contributed by atoms with Crippen LogP contribution in [0.3, 0.4) is 0 Å². The zero-order valence-electron chi connectivity index (χ0n) is 19.3. The number of allylic oxidation sites excluding steroid dienone is 2. The summed E-state index contributed by atoms with van der Waals surface area (Å²) in [6.45, 7) is 9.48. The highest BCUT2D eigenvalue weighted by atomic mass is 16.3. The van der Waals surface area contributed by atoms with Crippen LogP contribution in [0.5, 0.6) is 0 Å². The van der Waals surface area contributed by atoms with Gasteiger partial charge >= 0.3 is 0 Å². The summed E-state index contributed by atoms with van der Waals surface area (Å²) in [5.41, 5.74) is 3.37. The van der Waals surface area contributed by atoms with Gasteiger partial charge in [0.1, 0.15) is 5.78 Å². The molecule has 2 aliphatic heterocycles. The van der Waals surface area contributed by atoms with Gasteiger partial charge in [0, 0.05) is 32.0 Å². The Morgan fingerprint density at radius 1 is 0.967 bits per heavy atom. The maximum absolute atomic E-state index is 12.2. The van der Waals surface area contributed by atoms with Crippen LogP contribution in [0.15, 0.2) is 11.1 Å². The zero-order chi connectivity index (χ0) is 20.8. The van der Waals surface area contributed by atoms with Crippen molar-refractivity contribution in [3.63, 3.8) is 0 Å². The van der Waals surface area contributed by atoms with E-state index in [1.807, 2.05) is 5.57 Å². The van der Waals surface area contributed by atoms with Gasteiger partial charge in [0.15, 0.2) is 0 Å². The third-order valence-corrected chi connectivity index (χ3v) is 11.2. The van der Waals surface area contributed by atoms with Crippen LogP contribution in [-0.4, -0.2) is 40.5 Å². The van der Waals surface area contributed by atoms with Gasteiger partial charge < -0.3 is 5.11 Å². The first-order valence-corrected chi connectivity index (χ1v) is 13.0. The molecule has 166 valence electrons. The quantitative estimate of drug-likeness (QED) is 0.572. The highest BCUT2D eigenvalue weighted by molar-refractivity contribution is 5.80. The molecule has 0 amide bonds. The second kappa shape index (κ2) is 6.67. The molecule has 3 heteroatoms. The number of aliphatic hydroxyl groups is 1. The summed E-state index contributed by atoms with van der Waals surface area (Å²) in [5, 5.41) is 11.8. The Labute approximate surface area is 182 Å². The third-order valence-electron chi connectivity index (χ3n) is 11.2. The number of nitrogens with zero attached hydrogens (tertiary/aromatic N) is 1. The minimum atomic E-state index is -0.527. The zero-order valence-corrected chi connectivity index (χ0v) is 19.3. The molecule has 1 N–H and O–H groups in total. The van der Waals surface area contributed by atoms with E-state index >= 15 is 0 Å². The normalized spacial score (nSPS) is 53.5. The topological polar surface area (TPSA) is 40.5 Å². The van der Waals surface area contributed by atoms with Crippen molar-refractivity contribution in [1.82, 2.24) is 4.90 Å². The van der Waals surface area contributed by atoms with Crippen LogP contribution >= 0.6 is 0 Å². The summed E-state index contributed by atoms with van der Waals surface area (Å²) < 4.78 is 0. The molecule has 2 saturated heterocycles. The van der Waals surface area contributed by atoms with Crippen molar-refractivity contribution in [1.29, 1.82) is 0 Å². The van der Waals surface area contributed by atoms with Gasteiger partial charge in [-0.05, 0) is 99.2 Å². The van der Waals surface area contributed by atoms with Crippen LogP contribution in [-0.2, 0) is 4.79 Å². The number of Topliss-reactive ketones (excluding diaryl/α,β-unsaturated/α-hetero) is 1. The third kappa shape index (κ3) is 2.66. The van der Waals surface area contributed by atoms with E-state index in [1.165, 1.54) is 58.0 Å². The smallest absolute Gasteiger partial charge is 0.133 e. The first-order chi connectivity index (χ1) is 14.3. The Bertz CT molecular complexity index is 784. The second-order valence-electron chi connectivity index (χ2n) is 12.6. The molecule has 3 nitrogen and oxygen atoms in total. The van der Waals surface area contributed by atoms with Gasteiger partial charge in [0.05, 0.1) is 5.60 Å². The fraction of sp³-hybridized carbons (Fsp3) is 0.889. The van der Waals surface area contributed by atoms with E-state index in [1.54, 1.807) is 5.57 Å².